The second kappa shape index (κ2) is 7.01. The Morgan fingerprint density at radius 3 is 2.71 bits per heavy atom. The molecule has 122 valence electrons. The number of likely N-dealkylation sites (N-methyl/N-ethyl adjacent to an activating group) is 1. The Kier molecular flexibility index (Phi) is 5.55. The second-order valence-electron chi connectivity index (χ2n) is 5.63. The summed E-state index contributed by atoms with van der Waals surface area (Å²) in [5, 5.41) is 23.2. The van der Waals surface area contributed by atoms with Gasteiger partial charge in [-0.3, -0.25) is 0 Å². The van der Waals surface area contributed by atoms with E-state index in [9.17, 15) is 10.2 Å². The van der Waals surface area contributed by atoms with Crippen molar-refractivity contribution in [3.63, 3.8) is 0 Å². The first-order valence-electron chi connectivity index (χ1n) is 7.23. The standard InChI is InChI=1S/C13H26N4O4/c1-17-10-9(18)4-8(16)12(11(10)19)21-13-7(15)3-2-6(5-14)20-13/h2,7-13,17-19H,3-5,14-16H2,1H3/t7-,8+,9-,10+,11-,12-,13-/m1/s1. The van der Waals surface area contributed by atoms with Gasteiger partial charge in [0.1, 0.15) is 11.9 Å². The maximum absolute atomic E-state index is 10.3. The molecule has 0 aromatic rings. The third-order valence-electron chi connectivity index (χ3n) is 4.12. The molecule has 21 heavy (non-hydrogen) atoms. The van der Waals surface area contributed by atoms with E-state index in [0.29, 0.717) is 18.6 Å². The van der Waals surface area contributed by atoms with Crippen molar-refractivity contribution in [2.24, 2.45) is 17.2 Å². The normalized spacial score (nSPS) is 44.1. The molecule has 1 aliphatic heterocycles. The molecule has 0 aromatic carbocycles. The second-order valence-corrected chi connectivity index (χ2v) is 5.63. The molecule has 0 unspecified atom stereocenters. The predicted molar refractivity (Wildman–Crippen MR) is 76.9 cm³/mol. The lowest BCUT2D eigenvalue weighted by molar-refractivity contribution is -0.211. The van der Waals surface area contributed by atoms with Gasteiger partial charge in [0.15, 0.2) is 0 Å². The Labute approximate surface area is 124 Å². The molecular formula is C13H26N4O4. The first kappa shape index (κ1) is 16.6. The molecule has 8 nitrogen and oxygen atoms in total. The van der Waals surface area contributed by atoms with Crippen LogP contribution in [-0.4, -0.2) is 66.5 Å². The molecular weight excluding hydrogens is 276 g/mol. The minimum absolute atomic E-state index is 0.268. The highest BCUT2D eigenvalue weighted by Crippen LogP contribution is 2.26. The summed E-state index contributed by atoms with van der Waals surface area (Å²) < 4.78 is 11.4. The number of ether oxygens (including phenoxy) is 2. The molecule has 0 saturated heterocycles. The van der Waals surface area contributed by atoms with Crippen LogP contribution in [-0.2, 0) is 9.47 Å². The summed E-state index contributed by atoms with van der Waals surface area (Å²) in [4.78, 5) is 0. The summed E-state index contributed by atoms with van der Waals surface area (Å²) in [5.74, 6) is 0.616. The molecule has 0 aromatic heterocycles. The van der Waals surface area contributed by atoms with Gasteiger partial charge in [-0.25, -0.2) is 0 Å². The first-order valence-corrected chi connectivity index (χ1v) is 7.23. The van der Waals surface area contributed by atoms with Gasteiger partial charge < -0.3 is 42.2 Å². The third-order valence-corrected chi connectivity index (χ3v) is 4.12. The fourth-order valence-electron chi connectivity index (χ4n) is 2.87. The number of aliphatic hydroxyl groups excluding tert-OH is 2. The van der Waals surface area contributed by atoms with E-state index >= 15 is 0 Å². The van der Waals surface area contributed by atoms with Crippen molar-refractivity contribution in [1.29, 1.82) is 0 Å². The molecule has 0 amide bonds. The van der Waals surface area contributed by atoms with Crippen LogP contribution in [0.1, 0.15) is 12.8 Å². The Bertz CT molecular complexity index is 381. The quantitative estimate of drug-likeness (QED) is 0.329. The van der Waals surface area contributed by atoms with Gasteiger partial charge >= 0.3 is 0 Å². The van der Waals surface area contributed by atoms with Gasteiger partial charge in [0.2, 0.25) is 6.29 Å². The number of nitrogens with two attached hydrogens (primary N) is 3. The zero-order chi connectivity index (χ0) is 15.6. The van der Waals surface area contributed by atoms with Gasteiger partial charge in [0.05, 0.1) is 30.8 Å². The third kappa shape index (κ3) is 3.54. The van der Waals surface area contributed by atoms with Crippen molar-refractivity contribution >= 4 is 0 Å². The minimum Gasteiger partial charge on any atom is -0.467 e. The molecule has 7 atom stereocenters. The lowest BCUT2D eigenvalue weighted by atomic mass is 9.84. The molecule has 2 aliphatic rings. The molecule has 0 bridgehead atoms. The Morgan fingerprint density at radius 1 is 1.38 bits per heavy atom. The van der Waals surface area contributed by atoms with Crippen LogP contribution in [0.25, 0.3) is 0 Å². The van der Waals surface area contributed by atoms with Crippen LogP contribution >= 0.6 is 0 Å². The first-order chi connectivity index (χ1) is 9.97. The Morgan fingerprint density at radius 2 is 2.10 bits per heavy atom. The molecule has 1 fully saturated rings. The number of aliphatic hydroxyl groups is 2. The lowest BCUT2D eigenvalue weighted by Crippen LogP contribution is -2.64. The van der Waals surface area contributed by atoms with Gasteiger partial charge in [0.25, 0.3) is 0 Å². The molecule has 8 heteroatoms. The van der Waals surface area contributed by atoms with E-state index in [1.54, 1.807) is 7.05 Å². The zero-order valence-corrected chi connectivity index (χ0v) is 12.2. The van der Waals surface area contributed by atoms with Crippen molar-refractivity contribution in [2.75, 3.05) is 13.6 Å². The van der Waals surface area contributed by atoms with Gasteiger partial charge in [-0.2, -0.15) is 0 Å². The summed E-state index contributed by atoms with van der Waals surface area (Å²) in [6, 6.07) is -1.35. The van der Waals surface area contributed by atoms with Crippen molar-refractivity contribution in [2.45, 2.75) is 55.6 Å². The summed E-state index contributed by atoms with van der Waals surface area (Å²) in [7, 11) is 1.67. The number of hydrogen-bond donors (Lipinski definition) is 6. The zero-order valence-electron chi connectivity index (χ0n) is 12.2. The van der Waals surface area contributed by atoms with E-state index in [-0.39, 0.29) is 12.6 Å². The van der Waals surface area contributed by atoms with Gasteiger partial charge in [-0.1, -0.05) is 0 Å². The van der Waals surface area contributed by atoms with Crippen LogP contribution in [0.3, 0.4) is 0 Å². The Balaban J connectivity index is 2.05. The van der Waals surface area contributed by atoms with Crippen molar-refractivity contribution in [3.05, 3.63) is 11.8 Å². The molecule has 9 N–H and O–H groups in total. The van der Waals surface area contributed by atoms with Gasteiger partial charge in [-0.15, -0.1) is 0 Å². The average molecular weight is 302 g/mol. The summed E-state index contributed by atoms with van der Waals surface area (Å²) in [6.07, 6.45) is -0.285. The molecule has 1 aliphatic carbocycles. The van der Waals surface area contributed by atoms with E-state index in [1.165, 1.54) is 0 Å². The van der Waals surface area contributed by atoms with Crippen molar-refractivity contribution < 1.29 is 19.7 Å². The monoisotopic (exact) mass is 302 g/mol. The van der Waals surface area contributed by atoms with E-state index in [1.807, 2.05) is 6.08 Å². The van der Waals surface area contributed by atoms with Crippen molar-refractivity contribution in [3.8, 4) is 0 Å². The van der Waals surface area contributed by atoms with E-state index < -0.39 is 36.7 Å². The molecule has 2 rings (SSSR count). The summed E-state index contributed by atoms with van der Waals surface area (Å²) >= 11 is 0. The van der Waals surface area contributed by atoms with E-state index in [0.717, 1.165) is 0 Å². The van der Waals surface area contributed by atoms with Crippen molar-refractivity contribution in [1.82, 2.24) is 5.32 Å². The fraction of sp³-hybridized carbons (Fsp3) is 0.846. The molecule has 1 saturated carbocycles. The summed E-state index contributed by atoms with van der Waals surface area (Å²) in [5.41, 5.74) is 17.5. The predicted octanol–water partition coefficient (Wildman–Crippen LogP) is -2.67. The van der Waals surface area contributed by atoms with E-state index in [4.69, 9.17) is 26.7 Å². The average Bonchev–Trinajstić information content (AvgIpc) is 2.45. The fourth-order valence-corrected chi connectivity index (χ4v) is 2.87. The highest BCUT2D eigenvalue weighted by molar-refractivity contribution is 5.03. The van der Waals surface area contributed by atoms with Crippen LogP contribution in [0.15, 0.2) is 11.8 Å². The molecule has 1 heterocycles. The lowest BCUT2D eigenvalue weighted by Gasteiger charge is -2.43. The number of rotatable bonds is 4. The summed E-state index contributed by atoms with van der Waals surface area (Å²) in [6.45, 7) is 0.268. The van der Waals surface area contributed by atoms with Crippen LogP contribution in [0.5, 0.6) is 0 Å². The minimum atomic E-state index is -0.947. The molecule has 0 radical (unpaired) electrons. The molecule has 0 spiro atoms. The van der Waals surface area contributed by atoms with Gasteiger partial charge in [-0.05, 0) is 26.0 Å². The van der Waals surface area contributed by atoms with Gasteiger partial charge in [0, 0.05) is 6.04 Å². The van der Waals surface area contributed by atoms with Crippen LogP contribution in [0.4, 0.5) is 0 Å². The largest absolute Gasteiger partial charge is 0.467 e. The number of nitrogens with one attached hydrogen (secondary N) is 1. The topological polar surface area (TPSA) is 149 Å². The van der Waals surface area contributed by atoms with Crippen LogP contribution in [0, 0.1) is 0 Å². The van der Waals surface area contributed by atoms with E-state index in [2.05, 4.69) is 5.32 Å². The van der Waals surface area contributed by atoms with Crippen LogP contribution < -0.4 is 22.5 Å². The Hall–Kier alpha value is -0.740. The number of hydrogen-bond acceptors (Lipinski definition) is 8. The maximum Gasteiger partial charge on any atom is 0.215 e. The smallest absolute Gasteiger partial charge is 0.215 e. The highest BCUT2D eigenvalue weighted by atomic mass is 16.7. The SMILES string of the molecule is CN[C@@H]1[C@@H](O)[C@H](O[C@H]2OC(CN)=CC[C@H]2N)[C@@H](N)C[C@H]1O. The maximum atomic E-state index is 10.3. The van der Waals surface area contributed by atoms with Crippen LogP contribution in [0.2, 0.25) is 0 Å². The highest BCUT2D eigenvalue weighted by Gasteiger charge is 2.44.